The SMILES string of the molecule is CC[C@@H](C)NC(=O)CCc1cc2cc(OC)ccc2[nH]c1=O. The summed E-state index contributed by atoms with van der Waals surface area (Å²) in [7, 11) is 1.60. The number of rotatable bonds is 6. The first kappa shape index (κ1) is 16.1. The molecule has 1 heterocycles. The quantitative estimate of drug-likeness (QED) is 0.860. The average molecular weight is 302 g/mol. The Bertz CT molecular complexity index is 721. The fourth-order valence-corrected chi connectivity index (χ4v) is 2.24. The van der Waals surface area contributed by atoms with Gasteiger partial charge in [-0.1, -0.05) is 6.92 Å². The van der Waals surface area contributed by atoms with Crippen LogP contribution < -0.4 is 15.6 Å². The van der Waals surface area contributed by atoms with E-state index in [-0.39, 0.29) is 17.5 Å². The van der Waals surface area contributed by atoms with Crippen LogP contribution in [0.2, 0.25) is 0 Å². The number of carbonyl (C=O) groups excluding carboxylic acids is 1. The highest BCUT2D eigenvalue weighted by atomic mass is 16.5. The molecule has 2 N–H and O–H groups in total. The third-order valence-electron chi connectivity index (χ3n) is 3.77. The van der Waals surface area contributed by atoms with E-state index in [4.69, 9.17) is 4.74 Å². The number of pyridine rings is 1. The Morgan fingerprint density at radius 3 is 2.82 bits per heavy atom. The second-order valence-electron chi connectivity index (χ2n) is 5.45. The van der Waals surface area contributed by atoms with Crippen LogP contribution in [0.1, 0.15) is 32.3 Å². The zero-order chi connectivity index (χ0) is 16.1. The summed E-state index contributed by atoms with van der Waals surface area (Å²) in [6.07, 6.45) is 1.62. The van der Waals surface area contributed by atoms with Crippen LogP contribution in [-0.4, -0.2) is 24.0 Å². The number of carbonyl (C=O) groups is 1. The molecule has 0 aliphatic rings. The summed E-state index contributed by atoms with van der Waals surface area (Å²) in [5.74, 6) is 0.708. The second-order valence-corrected chi connectivity index (χ2v) is 5.45. The van der Waals surface area contributed by atoms with E-state index in [9.17, 15) is 9.59 Å². The fourth-order valence-electron chi connectivity index (χ4n) is 2.24. The van der Waals surface area contributed by atoms with Gasteiger partial charge in [0, 0.05) is 28.9 Å². The molecule has 1 aromatic carbocycles. The van der Waals surface area contributed by atoms with E-state index in [0.717, 1.165) is 23.1 Å². The lowest BCUT2D eigenvalue weighted by atomic mass is 10.1. The predicted octanol–water partition coefficient (Wildman–Crippen LogP) is 2.38. The molecule has 0 fully saturated rings. The lowest BCUT2D eigenvalue weighted by Gasteiger charge is -2.11. The number of benzene rings is 1. The second kappa shape index (κ2) is 7.11. The average Bonchev–Trinajstić information content (AvgIpc) is 2.52. The largest absolute Gasteiger partial charge is 0.497 e. The number of nitrogens with one attached hydrogen (secondary N) is 2. The summed E-state index contributed by atoms with van der Waals surface area (Å²) in [6.45, 7) is 3.99. The van der Waals surface area contributed by atoms with Crippen molar-refractivity contribution in [2.75, 3.05) is 7.11 Å². The van der Waals surface area contributed by atoms with Crippen LogP contribution >= 0.6 is 0 Å². The molecule has 1 amide bonds. The van der Waals surface area contributed by atoms with Crippen LogP contribution in [-0.2, 0) is 11.2 Å². The first-order valence-corrected chi connectivity index (χ1v) is 7.52. The van der Waals surface area contributed by atoms with E-state index in [1.165, 1.54) is 0 Å². The summed E-state index contributed by atoms with van der Waals surface area (Å²) >= 11 is 0. The van der Waals surface area contributed by atoms with E-state index >= 15 is 0 Å². The number of hydrogen-bond donors (Lipinski definition) is 2. The molecular formula is C17H22N2O3. The minimum absolute atomic E-state index is 0.0283. The zero-order valence-corrected chi connectivity index (χ0v) is 13.2. The zero-order valence-electron chi connectivity index (χ0n) is 13.2. The van der Waals surface area contributed by atoms with Gasteiger partial charge in [-0.2, -0.15) is 0 Å². The van der Waals surface area contributed by atoms with Crippen molar-refractivity contribution in [2.45, 2.75) is 39.2 Å². The molecule has 0 saturated heterocycles. The van der Waals surface area contributed by atoms with Crippen molar-refractivity contribution in [3.63, 3.8) is 0 Å². The number of aryl methyl sites for hydroxylation is 1. The van der Waals surface area contributed by atoms with Gasteiger partial charge in [-0.15, -0.1) is 0 Å². The van der Waals surface area contributed by atoms with Crippen LogP contribution in [0.15, 0.2) is 29.1 Å². The molecular weight excluding hydrogens is 280 g/mol. The number of H-pyrrole nitrogens is 1. The van der Waals surface area contributed by atoms with Crippen LogP contribution in [0.25, 0.3) is 10.9 Å². The number of fused-ring (bicyclic) bond motifs is 1. The van der Waals surface area contributed by atoms with Gasteiger partial charge < -0.3 is 15.0 Å². The van der Waals surface area contributed by atoms with Gasteiger partial charge in [0.1, 0.15) is 5.75 Å². The van der Waals surface area contributed by atoms with Crippen molar-refractivity contribution < 1.29 is 9.53 Å². The third kappa shape index (κ3) is 3.87. The molecule has 2 rings (SSSR count). The molecule has 0 radical (unpaired) electrons. The Labute approximate surface area is 129 Å². The van der Waals surface area contributed by atoms with E-state index in [2.05, 4.69) is 10.3 Å². The third-order valence-corrected chi connectivity index (χ3v) is 3.77. The Balaban J connectivity index is 2.15. The van der Waals surface area contributed by atoms with E-state index in [1.54, 1.807) is 13.2 Å². The van der Waals surface area contributed by atoms with Crippen LogP contribution in [0, 0.1) is 0 Å². The summed E-state index contributed by atoms with van der Waals surface area (Å²) in [6, 6.07) is 7.47. The van der Waals surface area contributed by atoms with Gasteiger partial charge in [-0.25, -0.2) is 0 Å². The molecule has 118 valence electrons. The Morgan fingerprint density at radius 1 is 1.36 bits per heavy atom. The molecule has 22 heavy (non-hydrogen) atoms. The van der Waals surface area contributed by atoms with Crippen molar-refractivity contribution in [3.05, 3.63) is 40.2 Å². The van der Waals surface area contributed by atoms with Crippen molar-refractivity contribution in [1.82, 2.24) is 10.3 Å². The lowest BCUT2D eigenvalue weighted by molar-refractivity contribution is -0.121. The Morgan fingerprint density at radius 2 is 2.14 bits per heavy atom. The van der Waals surface area contributed by atoms with E-state index in [1.807, 2.05) is 32.0 Å². The molecule has 1 atom stereocenters. The van der Waals surface area contributed by atoms with Crippen molar-refractivity contribution in [2.24, 2.45) is 0 Å². The molecule has 1 aromatic heterocycles. The first-order chi connectivity index (χ1) is 10.5. The molecule has 0 bridgehead atoms. The van der Waals surface area contributed by atoms with Gasteiger partial charge >= 0.3 is 0 Å². The van der Waals surface area contributed by atoms with E-state index in [0.29, 0.717) is 18.4 Å². The van der Waals surface area contributed by atoms with Crippen LogP contribution in [0.4, 0.5) is 0 Å². The van der Waals surface area contributed by atoms with Crippen molar-refractivity contribution in [3.8, 4) is 5.75 Å². The highest BCUT2D eigenvalue weighted by Gasteiger charge is 2.09. The number of aromatic nitrogens is 1. The number of ether oxygens (including phenoxy) is 1. The highest BCUT2D eigenvalue weighted by molar-refractivity contribution is 5.81. The molecule has 0 aliphatic heterocycles. The molecule has 0 spiro atoms. The van der Waals surface area contributed by atoms with Gasteiger partial charge in [0.05, 0.1) is 7.11 Å². The number of amides is 1. The van der Waals surface area contributed by atoms with Gasteiger partial charge in [-0.3, -0.25) is 9.59 Å². The molecule has 0 unspecified atom stereocenters. The van der Waals surface area contributed by atoms with Crippen molar-refractivity contribution in [1.29, 1.82) is 0 Å². The van der Waals surface area contributed by atoms with Crippen molar-refractivity contribution >= 4 is 16.8 Å². The number of hydrogen-bond acceptors (Lipinski definition) is 3. The predicted molar refractivity (Wildman–Crippen MR) is 87.3 cm³/mol. The first-order valence-electron chi connectivity index (χ1n) is 7.52. The van der Waals surface area contributed by atoms with Crippen LogP contribution in [0.5, 0.6) is 5.75 Å². The maximum Gasteiger partial charge on any atom is 0.251 e. The minimum atomic E-state index is -0.144. The topological polar surface area (TPSA) is 71.2 Å². The summed E-state index contributed by atoms with van der Waals surface area (Å²) in [5.41, 5.74) is 1.23. The lowest BCUT2D eigenvalue weighted by Crippen LogP contribution is -2.32. The van der Waals surface area contributed by atoms with Crippen LogP contribution in [0.3, 0.4) is 0 Å². The van der Waals surface area contributed by atoms with Gasteiger partial charge in [0.25, 0.3) is 5.56 Å². The monoisotopic (exact) mass is 302 g/mol. The Kier molecular flexibility index (Phi) is 5.20. The summed E-state index contributed by atoms with van der Waals surface area (Å²) in [4.78, 5) is 26.7. The number of methoxy groups -OCH3 is 1. The van der Waals surface area contributed by atoms with Gasteiger partial charge in [0.15, 0.2) is 0 Å². The molecule has 0 saturated carbocycles. The van der Waals surface area contributed by atoms with Gasteiger partial charge in [0.2, 0.25) is 5.91 Å². The maximum absolute atomic E-state index is 12.1. The molecule has 5 heteroatoms. The maximum atomic E-state index is 12.1. The summed E-state index contributed by atoms with van der Waals surface area (Å²) < 4.78 is 5.19. The summed E-state index contributed by atoms with van der Waals surface area (Å²) in [5, 5.41) is 3.80. The standard InChI is InChI=1S/C17H22N2O3/c1-4-11(2)18-16(20)8-5-12-9-13-10-14(22-3)6-7-15(13)19-17(12)21/h6-7,9-11H,4-5,8H2,1-3H3,(H,18,20)(H,19,21)/t11-/m1/s1. The molecule has 5 nitrogen and oxygen atoms in total. The highest BCUT2D eigenvalue weighted by Crippen LogP contribution is 2.19. The van der Waals surface area contributed by atoms with E-state index < -0.39 is 0 Å². The normalized spacial score (nSPS) is 12.1. The fraction of sp³-hybridized carbons (Fsp3) is 0.412. The Hall–Kier alpha value is -2.30. The smallest absolute Gasteiger partial charge is 0.251 e. The molecule has 0 aliphatic carbocycles. The number of aromatic amines is 1. The van der Waals surface area contributed by atoms with Gasteiger partial charge in [-0.05, 0) is 44.0 Å². The molecule has 2 aromatic rings. The minimum Gasteiger partial charge on any atom is -0.497 e.